The molecule has 2 N–H and O–H groups in total. The lowest BCUT2D eigenvalue weighted by Gasteiger charge is -2.14. The van der Waals surface area contributed by atoms with Crippen LogP contribution in [0, 0.1) is 0 Å². The number of benzene rings is 2. The van der Waals surface area contributed by atoms with E-state index in [4.69, 9.17) is 26.2 Å². The Bertz CT molecular complexity index is 959. The van der Waals surface area contributed by atoms with Crippen LogP contribution in [0.3, 0.4) is 0 Å². The first-order valence-corrected chi connectivity index (χ1v) is 9.05. The predicted octanol–water partition coefficient (Wildman–Crippen LogP) is 1.74. The van der Waals surface area contributed by atoms with Gasteiger partial charge in [0, 0.05) is 5.39 Å². The van der Waals surface area contributed by atoms with Crippen LogP contribution >= 0.6 is 11.6 Å². The maximum Gasteiger partial charge on any atom is 0.305 e. The molecule has 1 atom stereocenters. The number of sulfonamides is 1. The quantitative estimate of drug-likeness (QED) is 0.692. The van der Waals surface area contributed by atoms with E-state index in [1.54, 1.807) is 6.07 Å². The molecule has 2 aromatic carbocycles. The molecule has 0 aliphatic carbocycles. The molecule has 26 heavy (non-hydrogen) atoms. The van der Waals surface area contributed by atoms with Gasteiger partial charge >= 0.3 is 5.97 Å². The van der Waals surface area contributed by atoms with Crippen LogP contribution in [-0.4, -0.2) is 46.0 Å². The van der Waals surface area contributed by atoms with Gasteiger partial charge in [0.05, 0.1) is 36.6 Å². The summed E-state index contributed by atoms with van der Waals surface area (Å²) in [6.07, 6.45) is 0.645. The zero-order valence-corrected chi connectivity index (χ0v) is 15.3. The zero-order valence-electron chi connectivity index (χ0n) is 13.8. The highest BCUT2D eigenvalue weighted by atomic mass is 35.5. The first kappa shape index (κ1) is 20.0. The number of hydrogen-bond acceptors (Lipinski definition) is 6. The first-order valence-electron chi connectivity index (χ1n) is 7.19. The number of methoxy groups -OCH3 is 2. The average molecular weight is 401 g/mol. The van der Waals surface area contributed by atoms with Gasteiger partial charge < -0.3 is 14.6 Å². The smallest absolute Gasteiger partial charge is 0.305 e. The van der Waals surface area contributed by atoms with Crippen molar-refractivity contribution in [2.24, 2.45) is 0 Å². The Labute approximate surface area is 154 Å². The molecule has 0 saturated heterocycles. The Balaban J connectivity index is 2.50. The molecular formula is C16H15ClNO7S. The summed E-state index contributed by atoms with van der Waals surface area (Å²) in [5.74, 6) is -0.701. The van der Waals surface area contributed by atoms with E-state index < -0.39 is 28.5 Å². The molecule has 0 saturated carbocycles. The Hall–Kier alpha value is -2.36. The molecule has 0 bridgehead atoms. The van der Waals surface area contributed by atoms with Gasteiger partial charge in [-0.25, -0.2) is 8.42 Å². The second kappa shape index (κ2) is 7.90. The summed E-state index contributed by atoms with van der Waals surface area (Å²) in [5, 5.41) is 9.95. The topological polar surface area (TPSA) is 119 Å². The molecule has 2 aromatic rings. The van der Waals surface area contributed by atoms with Crippen LogP contribution in [0.1, 0.15) is 6.42 Å². The number of fused-ring (bicyclic) bond motifs is 1. The molecule has 0 fully saturated rings. The van der Waals surface area contributed by atoms with E-state index in [1.165, 1.54) is 38.7 Å². The van der Waals surface area contributed by atoms with E-state index in [9.17, 15) is 18.0 Å². The van der Waals surface area contributed by atoms with Gasteiger partial charge in [-0.1, -0.05) is 17.7 Å². The minimum absolute atomic E-state index is 0.168. The molecule has 2 rings (SSSR count). The molecule has 0 amide bonds. The van der Waals surface area contributed by atoms with E-state index in [0.717, 1.165) is 0 Å². The van der Waals surface area contributed by atoms with Gasteiger partial charge in [-0.3, -0.25) is 9.59 Å². The number of carbonyl (C=O) groups excluding carboxylic acids is 1. The number of carboxylic acids is 1. The number of halogens is 1. The predicted molar refractivity (Wildman–Crippen MR) is 94.1 cm³/mol. The molecular weight excluding hydrogens is 386 g/mol. The van der Waals surface area contributed by atoms with E-state index in [2.05, 4.69) is 0 Å². The van der Waals surface area contributed by atoms with E-state index in [0.29, 0.717) is 22.3 Å². The number of carbonyl (C=O) groups is 1. The van der Waals surface area contributed by atoms with Gasteiger partial charge in [-0.2, -0.15) is 4.72 Å². The number of rotatable bonds is 8. The second-order valence-electron chi connectivity index (χ2n) is 5.20. The van der Waals surface area contributed by atoms with Gasteiger partial charge in [-0.05, 0) is 23.6 Å². The number of ether oxygens (including phenoxy) is 2. The Morgan fingerprint density at radius 2 is 2.00 bits per heavy atom. The highest BCUT2D eigenvalue weighted by Crippen LogP contribution is 2.41. The summed E-state index contributed by atoms with van der Waals surface area (Å²) in [6.45, 7) is 0. The molecule has 0 aromatic heterocycles. The fourth-order valence-electron chi connectivity index (χ4n) is 2.34. The maximum atomic E-state index is 12.4. The van der Waals surface area contributed by atoms with Gasteiger partial charge in [0.2, 0.25) is 16.3 Å². The number of aliphatic carboxylic acids is 1. The van der Waals surface area contributed by atoms with Crippen LogP contribution in [0.2, 0.25) is 5.02 Å². The summed E-state index contributed by atoms with van der Waals surface area (Å²) in [4.78, 5) is 21.3. The van der Waals surface area contributed by atoms with Gasteiger partial charge in [-0.15, -0.1) is 0 Å². The van der Waals surface area contributed by atoms with E-state index in [1.807, 2.05) is 4.72 Å². The Morgan fingerprint density at radius 3 is 2.54 bits per heavy atom. The summed E-state index contributed by atoms with van der Waals surface area (Å²) < 4.78 is 37.2. The highest BCUT2D eigenvalue weighted by Gasteiger charge is 2.23. The zero-order chi connectivity index (χ0) is 19.5. The van der Waals surface area contributed by atoms with Crippen molar-refractivity contribution in [3.8, 4) is 11.5 Å². The SMILES string of the molecule is COc1cc2cc(S(=O)(=O)N[C@H]([C]=O)CC(=O)O)ccc2c(Cl)c1OC. The van der Waals surface area contributed by atoms with Crippen LogP contribution in [0.15, 0.2) is 29.2 Å². The Kier molecular flexibility index (Phi) is 6.06. The largest absolute Gasteiger partial charge is 0.493 e. The molecule has 0 aliphatic heterocycles. The van der Waals surface area contributed by atoms with Crippen molar-refractivity contribution in [2.45, 2.75) is 17.4 Å². The summed E-state index contributed by atoms with van der Waals surface area (Å²) in [7, 11) is -1.31. The maximum absolute atomic E-state index is 12.4. The molecule has 8 nitrogen and oxygen atoms in total. The van der Waals surface area contributed by atoms with Gasteiger partial charge in [0.1, 0.15) is 0 Å². The van der Waals surface area contributed by atoms with Crippen molar-refractivity contribution in [1.29, 1.82) is 0 Å². The molecule has 0 spiro atoms. The molecule has 0 aliphatic rings. The third kappa shape index (κ3) is 4.06. The number of nitrogens with one attached hydrogen (secondary N) is 1. The second-order valence-corrected chi connectivity index (χ2v) is 7.29. The average Bonchev–Trinajstić information content (AvgIpc) is 2.59. The van der Waals surface area contributed by atoms with Crippen LogP contribution in [0.4, 0.5) is 0 Å². The van der Waals surface area contributed by atoms with Crippen molar-refractivity contribution in [3.05, 3.63) is 29.3 Å². The van der Waals surface area contributed by atoms with Gasteiger partial charge in [0.15, 0.2) is 11.5 Å². The summed E-state index contributed by atoms with van der Waals surface area (Å²) >= 11 is 6.27. The lowest BCUT2D eigenvalue weighted by Crippen LogP contribution is -2.37. The fourth-order valence-corrected chi connectivity index (χ4v) is 3.86. The van der Waals surface area contributed by atoms with E-state index in [-0.39, 0.29) is 9.92 Å². The number of carboxylic acid groups (broad SMARTS) is 1. The lowest BCUT2D eigenvalue weighted by molar-refractivity contribution is -0.137. The lowest BCUT2D eigenvalue weighted by atomic mass is 10.1. The third-order valence-corrected chi connectivity index (χ3v) is 5.37. The number of hydrogen-bond donors (Lipinski definition) is 2. The third-order valence-electron chi connectivity index (χ3n) is 3.52. The van der Waals surface area contributed by atoms with Crippen molar-refractivity contribution >= 4 is 44.7 Å². The molecule has 1 radical (unpaired) electrons. The monoisotopic (exact) mass is 400 g/mol. The molecule has 0 heterocycles. The van der Waals surface area contributed by atoms with Crippen molar-refractivity contribution in [1.82, 2.24) is 4.72 Å². The van der Waals surface area contributed by atoms with Crippen molar-refractivity contribution in [3.63, 3.8) is 0 Å². The normalized spacial score (nSPS) is 12.6. The van der Waals surface area contributed by atoms with Crippen LogP contribution in [0.5, 0.6) is 11.5 Å². The van der Waals surface area contributed by atoms with Crippen LogP contribution < -0.4 is 14.2 Å². The highest BCUT2D eigenvalue weighted by molar-refractivity contribution is 7.89. The fraction of sp³-hybridized carbons (Fsp3) is 0.250. The van der Waals surface area contributed by atoms with Crippen molar-refractivity contribution < 1.29 is 32.6 Å². The Morgan fingerprint density at radius 1 is 1.31 bits per heavy atom. The van der Waals surface area contributed by atoms with Gasteiger partial charge in [0.25, 0.3) is 0 Å². The van der Waals surface area contributed by atoms with Crippen LogP contribution in [-0.2, 0) is 19.6 Å². The molecule has 139 valence electrons. The molecule has 0 unspecified atom stereocenters. The van der Waals surface area contributed by atoms with E-state index >= 15 is 0 Å². The minimum atomic E-state index is -4.15. The molecule has 10 heteroatoms. The minimum Gasteiger partial charge on any atom is -0.493 e. The first-order chi connectivity index (χ1) is 12.2. The summed E-state index contributed by atoms with van der Waals surface area (Å²) in [5.41, 5.74) is 0. The van der Waals surface area contributed by atoms with Crippen molar-refractivity contribution in [2.75, 3.05) is 14.2 Å². The van der Waals surface area contributed by atoms with Crippen LogP contribution in [0.25, 0.3) is 10.8 Å². The summed E-state index contributed by atoms with van der Waals surface area (Å²) in [6, 6.07) is 4.14. The standard InChI is InChI=1S/C16H15ClNO7S/c1-24-13-6-9-5-11(3-4-12(9)15(17)16(13)25-2)26(22,23)18-10(8-19)7-14(20)21/h3-6,10,18H,7H2,1-2H3,(H,20,21)/t10-/m0/s1.